The van der Waals surface area contributed by atoms with Crippen molar-refractivity contribution in [1.82, 2.24) is 5.32 Å². The topological polar surface area (TPSA) is 44.7 Å². The van der Waals surface area contributed by atoms with E-state index in [0.717, 1.165) is 24.2 Å². The smallest absolute Gasteiger partial charge is 0.264 e. The minimum Gasteiger partial charge on any atom is -0.362 e. The van der Waals surface area contributed by atoms with E-state index in [2.05, 4.69) is 68.0 Å². The number of aryl methyl sites for hydroxylation is 2. The normalized spacial score (nSPS) is 19.9. The number of thioether (sulfide) groups is 1. The average molecular weight is 446 g/mol. The molecule has 1 fully saturated rings. The second-order valence-corrected chi connectivity index (χ2v) is 10.2. The number of nitrogens with zero attached hydrogens (tertiary/aromatic N) is 2. The third kappa shape index (κ3) is 4.40. The average Bonchev–Trinajstić information content (AvgIpc) is 3.06. The van der Waals surface area contributed by atoms with Crippen LogP contribution in [-0.4, -0.2) is 23.2 Å². The quantitative estimate of drug-likeness (QED) is 0.539. The van der Waals surface area contributed by atoms with E-state index in [4.69, 9.17) is 0 Å². The maximum Gasteiger partial charge on any atom is 0.264 e. The summed E-state index contributed by atoms with van der Waals surface area (Å²) in [4.78, 5) is 20.4. The Morgan fingerprint density at radius 1 is 1.12 bits per heavy atom. The van der Waals surface area contributed by atoms with Crippen LogP contribution in [0.3, 0.4) is 0 Å². The number of amidine groups is 1. The number of carbonyl (C=O) groups excluding carboxylic acids is 1. The Morgan fingerprint density at radius 2 is 1.84 bits per heavy atom. The van der Waals surface area contributed by atoms with Crippen LogP contribution >= 0.6 is 11.8 Å². The fourth-order valence-electron chi connectivity index (χ4n) is 4.39. The van der Waals surface area contributed by atoms with Gasteiger partial charge in [0, 0.05) is 17.8 Å². The van der Waals surface area contributed by atoms with Crippen molar-refractivity contribution in [2.75, 3.05) is 11.4 Å². The van der Waals surface area contributed by atoms with Gasteiger partial charge in [0.15, 0.2) is 5.17 Å². The number of allylic oxidation sites excluding steroid dienone is 1. The summed E-state index contributed by atoms with van der Waals surface area (Å²) < 4.78 is 0. The fourth-order valence-corrected chi connectivity index (χ4v) is 5.22. The highest BCUT2D eigenvalue weighted by Crippen LogP contribution is 2.41. The summed E-state index contributed by atoms with van der Waals surface area (Å²) in [6.07, 6.45) is 5.44. The van der Waals surface area contributed by atoms with Crippen LogP contribution in [0.2, 0.25) is 0 Å². The maximum atomic E-state index is 12.6. The van der Waals surface area contributed by atoms with E-state index in [0.29, 0.717) is 10.1 Å². The molecule has 32 heavy (non-hydrogen) atoms. The summed E-state index contributed by atoms with van der Waals surface area (Å²) in [5.74, 6) is -0.0982. The Labute approximate surface area is 195 Å². The van der Waals surface area contributed by atoms with Gasteiger partial charge in [-0.2, -0.15) is 0 Å². The van der Waals surface area contributed by atoms with Crippen LogP contribution < -0.4 is 10.2 Å². The molecule has 0 saturated carbocycles. The Balaban J connectivity index is 1.67. The van der Waals surface area contributed by atoms with Crippen LogP contribution in [0, 0.1) is 13.8 Å². The van der Waals surface area contributed by atoms with Crippen LogP contribution in [0.15, 0.2) is 52.4 Å². The van der Waals surface area contributed by atoms with Gasteiger partial charge in [0.05, 0.1) is 16.1 Å². The predicted molar refractivity (Wildman–Crippen MR) is 139 cm³/mol. The lowest BCUT2D eigenvalue weighted by atomic mass is 9.86. The van der Waals surface area contributed by atoms with Gasteiger partial charge in [-0.05, 0) is 99.8 Å². The molecule has 0 aromatic heterocycles. The first-order chi connectivity index (χ1) is 15.2. The molecule has 1 N–H and O–H groups in total. The predicted octanol–water partition coefficient (Wildman–Crippen LogP) is 6.61. The molecule has 0 aliphatic carbocycles. The summed E-state index contributed by atoms with van der Waals surface area (Å²) in [7, 11) is 0. The molecule has 0 bridgehead atoms. The molecule has 2 aromatic rings. The van der Waals surface area contributed by atoms with Crippen molar-refractivity contribution in [3.63, 3.8) is 0 Å². The van der Waals surface area contributed by atoms with Crippen molar-refractivity contribution in [2.24, 2.45) is 4.99 Å². The van der Waals surface area contributed by atoms with E-state index < -0.39 is 0 Å². The molecule has 4 nitrogen and oxygen atoms in total. The van der Waals surface area contributed by atoms with Crippen LogP contribution in [0.4, 0.5) is 11.4 Å². The van der Waals surface area contributed by atoms with Crippen molar-refractivity contribution in [3.8, 4) is 0 Å². The zero-order valence-electron chi connectivity index (χ0n) is 19.7. The number of benzene rings is 2. The molecule has 0 atom stereocenters. The SMILES string of the molecule is CCCN1c2cc(C)c(/C=C3/SC(=Nc4ccc(C)cc4)NC3=O)cc2C(C)=CC1(C)C. The van der Waals surface area contributed by atoms with Crippen molar-refractivity contribution >= 4 is 45.9 Å². The Bertz CT molecular complexity index is 1160. The number of carbonyl (C=O) groups is 1. The van der Waals surface area contributed by atoms with Crippen LogP contribution in [0.1, 0.15) is 56.4 Å². The largest absolute Gasteiger partial charge is 0.362 e. The summed E-state index contributed by atoms with van der Waals surface area (Å²) in [5, 5.41) is 3.52. The Kier molecular flexibility index (Phi) is 6.04. The Morgan fingerprint density at radius 3 is 2.53 bits per heavy atom. The molecule has 2 aromatic carbocycles. The number of rotatable bonds is 4. The molecule has 1 saturated heterocycles. The first-order valence-corrected chi connectivity index (χ1v) is 12.0. The van der Waals surface area contributed by atoms with E-state index in [9.17, 15) is 4.79 Å². The van der Waals surface area contributed by atoms with Crippen LogP contribution in [0.5, 0.6) is 0 Å². The summed E-state index contributed by atoms with van der Waals surface area (Å²) >= 11 is 1.39. The molecular formula is C27H31N3OS. The van der Waals surface area contributed by atoms with Gasteiger partial charge in [-0.25, -0.2) is 4.99 Å². The monoisotopic (exact) mass is 445 g/mol. The Hall–Kier alpha value is -2.79. The first kappa shape index (κ1) is 22.4. The van der Waals surface area contributed by atoms with E-state index in [1.807, 2.05) is 37.3 Å². The van der Waals surface area contributed by atoms with Crippen LogP contribution in [-0.2, 0) is 4.79 Å². The van der Waals surface area contributed by atoms with Crippen molar-refractivity contribution in [3.05, 3.63) is 69.6 Å². The fraction of sp³-hybridized carbons (Fsp3) is 0.333. The lowest BCUT2D eigenvalue weighted by Gasteiger charge is -2.43. The van der Waals surface area contributed by atoms with Gasteiger partial charge in [0.25, 0.3) is 5.91 Å². The minimum absolute atomic E-state index is 0.0119. The van der Waals surface area contributed by atoms with Gasteiger partial charge in [-0.3, -0.25) is 4.79 Å². The number of hydrogen-bond acceptors (Lipinski definition) is 4. The van der Waals surface area contributed by atoms with Gasteiger partial charge in [0.2, 0.25) is 0 Å². The molecular weight excluding hydrogens is 414 g/mol. The zero-order valence-corrected chi connectivity index (χ0v) is 20.6. The van der Waals surface area contributed by atoms with Gasteiger partial charge in [-0.15, -0.1) is 0 Å². The van der Waals surface area contributed by atoms with E-state index >= 15 is 0 Å². The summed E-state index contributed by atoms with van der Waals surface area (Å²) in [6.45, 7) is 14.1. The molecule has 2 heterocycles. The maximum absolute atomic E-state index is 12.6. The molecule has 166 valence electrons. The molecule has 0 unspecified atom stereocenters. The minimum atomic E-state index is -0.0982. The molecule has 0 radical (unpaired) electrons. The highest BCUT2D eigenvalue weighted by atomic mass is 32.2. The number of fused-ring (bicyclic) bond motifs is 1. The highest BCUT2D eigenvalue weighted by molar-refractivity contribution is 8.18. The highest BCUT2D eigenvalue weighted by Gasteiger charge is 2.31. The van der Waals surface area contributed by atoms with Crippen molar-refractivity contribution in [2.45, 2.75) is 53.5 Å². The lowest BCUT2D eigenvalue weighted by Crippen LogP contribution is -2.45. The number of amides is 1. The molecule has 2 aliphatic rings. The molecule has 1 amide bonds. The number of hydrogen-bond donors (Lipinski definition) is 1. The van der Waals surface area contributed by atoms with Gasteiger partial charge < -0.3 is 10.2 Å². The number of aliphatic imine (C=N–C) groups is 1. The third-order valence-corrected chi connectivity index (χ3v) is 6.92. The standard InChI is InChI=1S/C27H31N3OS/c1-7-12-30-23-13-18(3)20(14-22(23)19(4)16-27(30,5)6)15-24-25(31)29-26(32-24)28-21-10-8-17(2)9-11-21/h8-11,13-16H,7,12H2,1-6H3,(H,28,29,31)/b24-15+. The van der Waals surface area contributed by atoms with Crippen LogP contribution in [0.25, 0.3) is 11.6 Å². The number of anilines is 1. The van der Waals surface area contributed by atoms with E-state index in [-0.39, 0.29) is 11.4 Å². The van der Waals surface area contributed by atoms with Crippen molar-refractivity contribution < 1.29 is 4.79 Å². The van der Waals surface area contributed by atoms with Gasteiger partial charge in [0.1, 0.15) is 0 Å². The van der Waals surface area contributed by atoms with Gasteiger partial charge >= 0.3 is 0 Å². The molecule has 5 heteroatoms. The summed E-state index contributed by atoms with van der Waals surface area (Å²) in [6, 6.07) is 12.5. The third-order valence-electron chi connectivity index (χ3n) is 6.01. The molecule has 2 aliphatic heterocycles. The van der Waals surface area contributed by atoms with Crippen molar-refractivity contribution in [1.29, 1.82) is 0 Å². The lowest BCUT2D eigenvalue weighted by molar-refractivity contribution is -0.115. The van der Waals surface area contributed by atoms with Gasteiger partial charge in [-0.1, -0.05) is 30.7 Å². The molecule has 4 rings (SSSR count). The molecule has 0 spiro atoms. The second kappa shape index (κ2) is 8.62. The van der Waals surface area contributed by atoms with E-state index in [1.165, 1.54) is 39.7 Å². The second-order valence-electron chi connectivity index (χ2n) is 9.18. The van der Waals surface area contributed by atoms with E-state index in [1.54, 1.807) is 0 Å². The first-order valence-electron chi connectivity index (χ1n) is 11.2. The summed E-state index contributed by atoms with van der Waals surface area (Å²) in [5.41, 5.74) is 8.05. The number of nitrogens with one attached hydrogen (secondary N) is 1. The zero-order chi connectivity index (χ0) is 23.0.